The molecule has 0 aromatic carbocycles. The molecule has 0 spiro atoms. The minimum absolute atomic E-state index is 0.135. The van der Waals surface area contributed by atoms with Crippen LogP contribution in [0.4, 0.5) is 17.6 Å². The lowest BCUT2D eigenvalue weighted by molar-refractivity contribution is -0.159. The third-order valence-corrected chi connectivity index (χ3v) is 4.53. The maximum atomic E-state index is 12.6. The van der Waals surface area contributed by atoms with E-state index in [9.17, 15) is 26.0 Å². The molecule has 0 unspecified atom stereocenters. The zero-order valence-electron chi connectivity index (χ0n) is 16.5. The second kappa shape index (κ2) is 14.5. The van der Waals surface area contributed by atoms with E-state index in [4.69, 9.17) is 39.6 Å². The Bertz CT molecular complexity index is 693. The van der Waals surface area contributed by atoms with Crippen molar-refractivity contribution < 1.29 is 69.8 Å². The highest BCUT2D eigenvalue weighted by Crippen LogP contribution is 2.23. The molecule has 18 heteroatoms. The van der Waals surface area contributed by atoms with Gasteiger partial charge >= 0.3 is 36.2 Å². The number of rotatable bonds is 7. The largest absolute Gasteiger partial charge is 0.473 e. The van der Waals surface area contributed by atoms with Crippen LogP contribution in [-0.4, -0.2) is 127 Å². The molecule has 0 atom stereocenters. The second-order valence-corrected chi connectivity index (χ2v) is 7.71. The lowest BCUT2D eigenvalue weighted by Gasteiger charge is -2.32. The number of nitrogens with zero attached hydrogens (tertiary/aromatic N) is 2. The lowest BCUT2D eigenvalue weighted by Crippen LogP contribution is -2.46. The number of likely N-dealkylation sites (N-methyl/N-ethyl adjacent to an activating group) is 1. The summed E-state index contributed by atoms with van der Waals surface area (Å²) in [5, 5.41) is 29.6. The van der Waals surface area contributed by atoms with Crippen LogP contribution in [0.15, 0.2) is 0 Å². The predicted octanol–water partition coefficient (Wildman–Crippen LogP) is -1.21. The Hall–Kier alpha value is -2.57. The van der Waals surface area contributed by atoms with Crippen LogP contribution in [-0.2, 0) is 33.5 Å². The number of alkyl halides is 4. The Morgan fingerprint density at radius 1 is 0.906 bits per heavy atom. The maximum absolute atomic E-state index is 12.6. The zero-order valence-corrected chi connectivity index (χ0v) is 17.3. The van der Waals surface area contributed by atoms with Crippen molar-refractivity contribution in [3.63, 3.8) is 0 Å². The van der Waals surface area contributed by atoms with Crippen molar-refractivity contribution in [1.29, 1.82) is 0 Å². The monoisotopic (exact) mass is 502 g/mol. The van der Waals surface area contributed by atoms with Crippen molar-refractivity contribution in [3.05, 3.63) is 0 Å². The topological polar surface area (TPSA) is 199 Å². The predicted molar refractivity (Wildman–Crippen MR) is 95.2 cm³/mol. The molecular formula is C14H22F4N2O11S. The van der Waals surface area contributed by atoms with Crippen molar-refractivity contribution in [2.24, 2.45) is 0 Å². The van der Waals surface area contributed by atoms with Gasteiger partial charge in [0.25, 0.3) is 10.1 Å². The molecule has 0 aromatic rings. The van der Waals surface area contributed by atoms with E-state index in [1.54, 1.807) is 0 Å². The molecule has 0 aliphatic carbocycles. The average Bonchev–Trinajstić information content (AvgIpc) is 2.67. The number of aliphatic carboxylic acids is 4. The quantitative estimate of drug-likeness (QED) is 0.184. The van der Waals surface area contributed by atoms with Crippen LogP contribution in [0.5, 0.6) is 0 Å². The first kappa shape index (κ1) is 31.6. The van der Waals surface area contributed by atoms with E-state index in [-0.39, 0.29) is 6.54 Å². The Kier molecular flexibility index (Phi) is 14.3. The summed E-state index contributed by atoms with van der Waals surface area (Å²) < 4.78 is 75.6. The van der Waals surface area contributed by atoms with Gasteiger partial charge in [-0.15, -0.1) is 0 Å². The molecule has 0 radical (unpaired) electrons. The van der Waals surface area contributed by atoms with E-state index >= 15 is 0 Å². The molecule has 1 saturated heterocycles. The molecule has 0 saturated carbocycles. The van der Waals surface area contributed by atoms with E-state index in [1.807, 2.05) is 11.9 Å². The summed E-state index contributed by atoms with van der Waals surface area (Å²) in [6, 6.07) is 0. The van der Waals surface area contributed by atoms with Gasteiger partial charge < -0.3 is 25.3 Å². The Morgan fingerprint density at radius 3 is 1.59 bits per heavy atom. The third-order valence-electron chi connectivity index (χ3n) is 3.37. The van der Waals surface area contributed by atoms with Gasteiger partial charge in [-0.25, -0.2) is 28.0 Å². The van der Waals surface area contributed by atoms with Crippen LogP contribution in [0.2, 0.25) is 0 Å². The first-order valence-electron chi connectivity index (χ1n) is 8.27. The number of hydrogen-bond acceptors (Lipinski definition) is 9. The summed E-state index contributed by atoms with van der Waals surface area (Å²) in [6.45, 7) is 1.21. The number of hydrogen-bond donors (Lipinski definition) is 4. The van der Waals surface area contributed by atoms with E-state index in [1.165, 1.54) is 0 Å². The van der Waals surface area contributed by atoms with Gasteiger partial charge in [0.2, 0.25) is 0 Å². The molecule has 1 rings (SSSR count). The fraction of sp³-hybridized carbons (Fsp3) is 0.714. The van der Waals surface area contributed by atoms with Crippen LogP contribution in [0.3, 0.4) is 0 Å². The third kappa shape index (κ3) is 16.2. The number of carboxylic acid groups (broad SMARTS) is 4. The van der Waals surface area contributed by atoms with Crippen molar-refractivity contribution in [1.82, 2.24) is 9.80 Å². The van der Waals surface area contributed by atoms with E-state index in [0.717, 1.165) is 13.1 Å². The summed E-state index contributed by atoms with van der Waals surface area (Å²) in [4.78, 5) is 40.3. The molecule has 1 aliphatic heterocycles. The van der Waals surface area contributed by atoms with Gasteiger partial charge in [0.15, 0.2) is 0 Å². The van der Waals surface area contributed by atoms with Crippen LogP contribution in [0.25, 0.3) is 0 Å². The lowest BCUT2D eigenvalue weighted by atomic mass is 10.3. The highest BCUT2D eigenvalue weighted by atomic mass is 32.2. The Labute approximate surface area is 178 Å². The number of piperazine rings is 1. The Balaban J connectivity index is 0. The van der Waals surface area contributed by atoms with E-state index in [0.29, 0.717) is 13.1 Å². The van der Waals surface area contributed by atoms with Crippen molar-refractivity contribution >= 4 is 34.0 Å². The van der Waals surface area contributed by atoms with Crippen LogP contribution >= 0.6 is 0 Å². The summed E-state index contributed by atoms with van der Waals surface area (Å²) in [5.41, 5.74) is 0. The normalized spacial score (nSPS) is 15.1. The average molecular weight is 502 g/mol. The zero-order chi connectivity index (χ0) is 25.7. The fourth-order valence-electron chi connectivity index (χ4n) is 1.60. The number of carboxylic acids is 4. The summed E-state index contributed by atoms with van der Waals surface area (Å²) in [5.74, 6) is -12.2. The van der Waals surface area contributed by atoms with Crippen molar-refractivity contribution in [2.45, 2.75) is 12.3 Å². The maximum Gasteiger partial charge on any atom is 0.414 e. The molecule has 0 amide bonds. The molecule has 0 aromatic heterocycles. The molecule has 1 heterocycles. The summed E-state index contributed by atoms with van der Waals surface area (Å²) in [7, 11) is -2.30. The van der Waals surface area contributed by atoms with Crippen molar-refractivity contribution in [3.8, 4) is 0 Å². The number of carbonyl (C=O) groups is 4. The highest BCUT2D eigenvalue weighted by molar-refractivity contribution is 7.86. The van der Waals surface area contributed by atoms with Gasteiger partial charge in [-0.05, 0) is 7.05 Å². The minimum Gasteiger partial charge on any atom is -0.473 e. The summed E-state index contributed by atoms with van der Waals surface area (Å²) >= 11 is 0. The first-order chi connectivity index (χ1) is 14.4. The molecular weight excluding hydrogens is 480 g/mol. The summed E-state index contributed by atoms with van der Waals surface area (Å²) in [6.07, 6.45) is -3.95. The first-order valence-corrected chi connectivity index (χ1v) is 9.85. The molecule has 32 heavy (non-hydrogen) atoms. The second-order valence-electron chi connectivity index (χ2n) is 5.95. The van der Waals surface area contributed by atoms with Crippen LogP contribution < -0.4 is 0 Å². The fourth-order valence-corrected chi connectivity index (χ4v) is 2.54. The Morgan fingerprint density at radius 2 is 1.28 bits per heavy atom. The van der Waals surface area contributed by atoms with Gasteiger partial charge in [0.05, 0.1) is 5.75 Å². The molecule has 1 fully saturated rings. The van der Waals surface area contributed by atoms with E-state index < -0.39 is 58.7 Å². The molecule has 188 valence electrons. The molecule has 0 bridgehead atoms. The minimum atomic E-state index is -4.46. The van der Waals surface area contributed by atoms with Gasteiger partial charge in [-0.3, -0.25) is 9.08 Å². The number of halogens is 4. The molecule has 1 aliphatic rings. The van der Waals surface area contributed by atoms with Crippen molar-refractivity contribution in [2.75, 3.05) is 52.1 Å². The highest BCUT2D eigenvalue weighted by Gasteiger charge is 2.42. The standard InChI is InChI=1S/C10H18F4N2O3S.2C2H2O4/c1-15-2-4-16(5-3-15)6-7-20(17,18)19-8-10(13,14)9(11)12;2*3-1(4)2(5)6/h9H,2-8H2,1H3;2*(H,3,4)(H,5,6). The van der Waals surface area contributed by atoms with Gasteiger partial charge in [-0.2, -0.15) is 17.2 Å². The molecule has 4 N–H and O–H groups in total. The molecule has 13 nitrogen and oxygen atoms in total. The van der Waals surface area contributed by atoms with Gasteiger partial charge in [0, 0.05) is 32.7 Å². The van der Waals surface area contributed by atoms with Crippen LogP contribution in [0, 0.1) is 0 Å². The SMILES string of the molecule is CN1CCN(CCS(=O)(=O)OCC(F)(F)C(F)F)CC1.O=C(O)C(=O)O.O=C(O)C(=O)O. The van der Waals surface area contributed by atoms with Gasteiger partial charge in [-0.1, -0.05) is 0 Å². The smallest absolute Gasteiger partial charge is 0.414 e. The van der Waals surface area contributed by atoms with E-state index in [2.05, 4.69) is 9.08 Å². The van der Waals surface area contributed by atoms with Crippen LogP contribution in [0.1, 0.15) is 0 Å². The van der Waals surface area contributed by atoms with Gasteiger partial charge in [0.1, 0.15) is 6.61 Å².